The molecule has 0 saturated heterocycles. The van der Waals surface area contributed by atoms with Crippen LogP contribution < -0.4 is 0 Å². The number of allylic oxidation sites excluding steroid dienone is 8. The Balaban J connectivity index is 4.39. The zero-order valence-corrected chi connectivity index (χ0v) is 35.5. The molecular formula is C44H79O10P. The van der Waals surface area contributed by atoms with Crippen LogP contribution in [0.25, 0.3) is 0 Å². The van der Waals surface area contributed by atoms with Gasteiger partial charge in [0.15, 0.2) is 6.10 Å². The number of phosphoric ester groups is 1. The Hall–Kier alpha value is -2.07. The van der Waals surface area contributed by atoms with Gasteiger partial charge >= 0.3 is 19.8 Å². The third kappa shape index (κ3) is 39.9. The lowest BCUT2D eigenvalue weighted by atomic mass is 10.1. The van der Waals surface area contributed by atoms with E-state index in [9.17, 15) is 24.2 Å². The average molecular weight is 799 g/mol. The smallest absolute Gasteiger partial charge is 0.462 e. The van der Waals surface area contributed by atoms with Crippen molar-refractivity contribution in [3.8, 4) is 0 Å². The number of carbonyl (C=O) groups is 2. The number of hydrogen-bond acceptors (Lipinski definition) is 9. The quantitative estimate of drug-likeness (QED) is 0.0237. The molecule has 55 heavy (non-hydrogen) atoms. The monoisotopic (exact) mass is 799 g/mol. The van der Waals surface area contributed by atoms with Gasteiger partial charge in [-0.3, -0.25) is 18.6 Å². The van der Waals surface area contributed by atoms with E-state index in [2.05, 4.69) is 60.9 Å². The van der Waals surface area contributed by atoms with E-state index in [0.29, 0.717) is 19.3 Å². The van der Waals surface area contributed by atoms with Crippen molar-refractivity contribution in [3.63, 3.8) is 0 Å². The van der Waals surface area contributed by atoms with Gasteiger partial charge in [-0.1, -0.05) is 146 Å². The fourth-order valence-electron chi connectivity index (χ4n) is 5.59. The molecule has 0 aromatic heterocycles. The van der Waals surface area contributed by atoms with Crippen molar-refractivity contribution in [2.24, 2.45) is 0 Å². The van der Waals surface area contributed by atoms with E-state index in [-0.39, 0.29) is 19.4 Å². The Bertz CT molecular complexity index is 1060. The molecule has 3 N–H and O–H groups in total. The third-order valence-electron chi connectivity index (χ3n) is 8.96. The summed E-state index contributed by atoms with van der Waals surface area (Å²) in [5.74, 6) is -0.992. The van der Waals surface area contributed by atoms with Crippen LogP contribution in [0.4, 0.5) is 0 Å². The first-order chi connectivity index (χ1) is 26.7. The molecule has 0 saturated carbocycles. The summed E-state index contributed by atoms with van der Waals surface area (Å²) in [5.41, 5.74) is 0. The van der Waals surface area contributed by atoms with Crippen LogP contribution in [-0.4, -0.2) is 65.7 Å². The molecule has 0 aliphatic rings. The van der Waals surface area contributed by atoms with Crippen LogP contribution in [0.1, 0.15) is 181 Å². The second-order valence-corrected chi connectivity index (χ2v) is 15.8. The first-order valence-electron chi connectivity index (χ1n) is 21.6. The number of hydrogen-bond donors (Lipinski definition) is 3. The summed E-state index contributed by atoms with van der Waals surface area (Å²) < 4.78 is 32.6. The van der Waals surface area contributed by atoms with Crippen LogP contribution in [0.15, 0.2) is 48.6 Å². The Morgan fingerprint density at radius 2 is 0.964 bits per heavy atom. The highest BCUT2D eigenvalue weighted by atomic mass is 31.2. The van der Waals surface area contributed by atoms with Gasteiger partial charge in [0.2, 0.25) is 0 Å². The molecule has 0 aliphatic carbocycles. The molecule has 3 atom stereocenters. The first kappa shape index (κ1) is 52.9. The van der Waals surface area contributed by atoms with E-state index in [1.54, 1.807) is 0 Å². The van der Waals surface area contributed by atoms with Crippen molar-refractivity contribution in [3.05, 3.63) is 48.6 Å². The predicted molar refractivity (Wildman–Crippen MR) is 224 cm³/mol. The molecule has 0 aliphatic heterocycles. The van der Waals surface area contributed by atoms with Gasteiger partial charge in [-0.2, -0.15) is 0 Å². The lowest BCUT2D eigenvalue weighted by molar-refractivity contribution is -0.161. The van der Waals surface area contributed by atoms with E-state index in [1.165, 1.54) is 89.9 Å². The predicted octanol–water partition coefficient (Wildman–Crippen LogP) is 11.3. The lowest BCUT2D eigenvalue weighted by Crippen LogP contribution is -2.29. The first-order valence-corrected chi connectivity index (χ1v) is 23.1. The summed E-state index contributed by atoms with van der Waals surface area (Å²) >= 11 is 0. The molecule has 10 nitrogen and oxygen atoms in total. The molecule has 0 bridgehead atoms. The standard InChI is InChI=1S/C44H79O10P/c1-3-5-7-9-11-13-15-17-19-20-22-23-25-27-29-31-33-35-43(47)51-39-42(40-53-55(49,50)52-38-41(46)37-45)54-44(48)36-34-32-30-28-26-24-21-18-16-14-12-10-8-6-4-2/h14,16-17,19,22-23,27,29,41-42,45-46H,3-13,15,18,20-21,24-26,28,30-40H2,1-2H3,(H,49,50)/b16-14+,19-17+,23-22+,29-27+/t41-,42+/m0/s1. The van der Waals surface area contributed by atoms with E-state index < -0.39 is 51.8 Å². The molecule has 11 heteroatoms. The molecule has 0 aromatic carbocycles. The molecule has 0 aromatic rings. The largest absolute Gasteiger partial charge is 0.472 e. The van der Waals surface area contributed by atoms with Crippen LogP contribution in [0.3, 0.4) is 0 Å². The zero-order chi connectivity index (χ0) is 40.5. The average Bonchev–Trinajstić information content (AvgIpc) is 3.17. The summed E-state index contributed by atoms with van der Waals surface area (Å²) in [6, 6.07) is 0. The van der Waals surface area contributed by atoms with E-state index in [1.807, 2.05) is 6.08 Å². The Morgan fingerprint density at radius 3 is 1.51 bits per heavy atom. The van der Waals surface area contributed by atoms with E-state index >= 15 is 0 Å². The van der Waals surface area contributed by atoms with Crippen LogP contribution >= 0.6 is 7.82 Å². The number of aliphatic hydroxyl groups is 2. The van der Waals surface area contributed by atoms with Crippen LogP contribution in [-0.2, 0) is 32.7 Å². The van der Waals surface area contributed by atoms with Gasteiger partial charge in [-0.05, 0) is 70.6 Å². The highest BCUT2D eigenvalue weighted by Crippen LogP contribution is 2.43. The number of esters is 2. The number of phosphoric acid groups is 1. The number of rotatable bonds is 40. The van der Waals surface area contributed by atoms with Crippen molar-refractivity contribution < 1.29 is 47.8 Å². The Kier molecular flexibility index (Phi) is 38.6. The van der Waals surface area contributed by atoms with Gasteiger partial charge in [-0.15, -0.1) is 0 Å². The summed E-state index contributed by atoms with van der Waals surface area (Å²) in [7, 11) is -4.63. The summed E-state index contributed by atoms with van der Waals surface area (Å²) in [4.78, 5) is 34.9. The van der Waals surface area contributed by atoms with Crippen LogP contribution in [0.2, 0.25) is 0 Å². The molecule has 0 rings (SSSR count). The maximum atomic E-state index is 12.6. The fraction of sp³-hybridized carbons (Fsp3) is 0.773. The number of unbranched alkanes of at least 4 members (excludes halogenated alkanes) is 18. The maximum absolute atomic E-state index is 12.6. The van der Waals surface area contributed by atoms with Crippen LogP contribution in [0.5, 0.6) is 0 Å². The normalized spacial score (nSPS) is 14.3. The SMILES string of the molecule is CCCCCC/C=C/CCCCCCCCCC(=O)O[C@H](COC(=O)CCC/C=C/C/C=C/C/C=C/CCCCCCCC)COP(=O)(O)OC[C@@H](O)CO. The molecule has 1 unspecified atom stereocenters. The Labute approximate surface area is 334 Å². The van der Waals surface area contributed by atoms with Gasteiger partial charge in [0, 0.05) is 12.8 Å². The topological polar surface area (TPSA) is 149 Å². The molecule has 0 spiro atoms. The highest BCUT2D eigenvalue weighted by molar-refractivity contribution is 7.47. The van der Waals surface area contributed by atoms with Crippen molar-refractivity contribution in [1.82, 2.24) is 0 Å². The Morgan fingerprint density at radius 1 is 0.545 bits per heavy atom. The van der Waals surface area contributed by atoms with Gasteiger partial charge in [0.1, 0.15) is 12.7 Å². The molecule has 0 heterocycles. The van der Waals surface area contributed by atoms with Crippen LogP contribution in [0, 0.1) is 0 Å². The number of aliphatic hydroxyl groups excluding tert-OH is 2. The lowest BCUT2D eigenvalue weighted by Gasteiger charge is -2.20. The minimum absolute atomic E-state index is 0.168. The second kappa shape index (κ2) is 40.1. The number of ether oxygens (including phenoxy) is 2. The van der Waals surface area contributed by atoms with Crippen molar-refractivity contribution in [1.29, 1.82) is 0 Å². The molecule has 0 radical (unpaired) electrons. The highest BCUT2D eigenvalue weighted by Gasteiger charge is 2.27. The van der Waals surface area contributed by atoms with Gasteiger partial charge in [-0.25, -0.2) is 4.57 Å². The molecule has 320 valence electrons. The van der Waals surface area contributed by atoms with Gasteiger partial charge < -0.3 is 24.6 Å². The third-order valence-corrected chi connectivity index (χ3v) is 9.91. The van der Waals surface area contributed by atoms with Crippen molar-refractivity contribution in [2.45, 2.75) is 193 Å². The minimum atomic E-state index is -4.63. The zero-order valence-electron chi connectivity index (χ0n) is 34.6. The maximum Gasteiger partial charge on any atom is 0.472 e. The summed E-state index contributed by atoms with van der Waals surface area (Å²) in [6.07, 6.45) is 42.2. The van der Waals surface area contributed by atoms with Gasteiger partial charge in [0.25, 0.3) is 0 Å². The minimum Gasteiger partial charge on any atom is -0.462 e. The molecule has 0 amide bonds. The fourth-order valence-corrected chi connectivity index (χ4v) is 6.38. The number of carbonyl (C=O) groups excluding carboxylic acids is 2. The summed E-state index contributed by atoms with van der Waals surface area (Å²) in [5, 5.41) is 18.3. The van der Waals surface area contributed by atoms with Gasteiger partial charge in [0.05, 0.1) is 19.8 Å². The molecular weight excluding hydrogens is 719 g/mol. The second-order valence-electron chi connectivity index (χ2n) is 14.4. The summed E-state index contributed by atoms with van der Waals surface area (Å²) in [6.45, 7) is 2.30. The van der Waals surface area contributed by atoms with Crippen molar-refractivity contribution in [2.75, 3.05) is 26.4 Å². The van der Waals surface area contributed by atoms with E-state index in [0.717, 1.165) is 44.9 Å². The molecule has 0 fully saturated rings. The van der Waals surface area contributed by atoms with E-state index in [4.69, 9.17) is 19.1 Å². The van der Waals surface area contributed by atoms with Crippen molar-refractivity contribution >= 4 is 19.8 Å².